The molecule has 1 aliphatic carbocycles. The average Bonchev–Trinajstić information content (AvgIpc) is 3.14. The Hall–Kier alpha value is -2.24. The lowest BCUT2D eigenvalue weighted by Gasteiger charge is -2.24. The zero-order chi connectivity index (χ0) is 20.9. The summed E-state index contributed by atoms with van der Waals surface area (Å²) in [5, 5.41) is 3.67. The summed E-state index contributed by atoms with van der Waals surface area (Å²) in [5.74, 6) is 0.541. The van der Waals surface area contributed by atoms with Crippen molar-refractivity contribution >= 4 is 35.2 Å². The fourth-order valence-electron chi connectivity index (χ4n) is 3.85. The Balaban J connectivity index is 1.40. The van der Waals surface area contributed by atoms with Gasteiger partial charge in [0.15, 0.2) is 0 Å². The Morgan fingerprint density at radius 2 is 1.87 bits per heavy atom. The molecule has 1 aliphatic heterocycles. The minimum atomic E-state index is -0.0544. The second kappa shape index (κ2) is 9.71. The van der Waals surface area contributed by atoms with E-state index in [1.54, 1.807) is 11.8 Å². The van der Waals surface area contributed by atoms with Crippen molar-refractivity contribution in [3.63, 3.8) is 0 Å². The second-order valence-corrected chi connectivity index (χ2v) is 9.23. The van der Waals surface area contributed by atoms with Gasteiger partial charge in [-0.1, -0.05) is 47.5 Å². The van der Waals surface area contributed by atoms with Crippen LogP contribution in [0.4, 0.5) is 0 Å². The van der Waals surface area contributed by atoms with Crippen molar-refractivity contribution in [2.24, 2.45) is 0 Å². The number of hydrogen-bond acceptors (Lipinski definition) is 3. The molecular formula is C24H25ClN2O2S. The van der Waals surface area contributed by atoms with Gasteiger partial charge in [0.25, 0.3) is 5.91 Å². The smallest absolute Gasteiger partial charge is 0.251 e. The summed E-state index contributed by atoms with van der Waals surface area (Å²) in [5.41, 5.74) is 4.05. The molecule has 1 saturated heterocycles. The van der Waals surface area contributed by atoms with Crippen LogP contribution in [0.5, 0.6) is 0 Å². The third-order valence-corrected chi connectivity index (χ3v) is 7.06. The first-order valence-electron chi connectivity index (χ1n) is 10.3. The molecule has 2 amide bonds. The fraction of sp³-hybridized carbons (Fsp3) is 0.333. The number of thioether (sulfide) groups is 1. The van der Waals surface area contributed by atoms with Gasteiger partial charge in [-0.15, -0.1) is 11.8 Å². The maximum Gasteiger partial charge on any atom is 0.251 e. The molecule has 1 heterocycles. The van der Waals surface area contributed by atoms with Gasteiger partial charge in [-0.2, -0.15) is 0 Å². The van der Waals surface area contributed by atoms with Crippen molar-refractivity contribution in [1.82, 2.24) is 10.2 Å². The number of rotatable bonds is 6. The minimum absolute atomic E-state index is 0.0438. The molecule has 0 bridgehead atoms. The van der Waals surface area contributed by atoms with Crippen molar-refractivity contribution in [3.05, 3.63) is 81.9 Å². The Bertz CT molecular complexity index is 941. The topological polar surface area (TPSA) is 49.4 Å². The normalized spacial score (nSPS) is 19.0. The molecule has 30 heavy (non-hydrogen) atoms. The van der Waals surface area contributed by atoms with Crippen LogP contribution in [0.3, 0.4) is 0 Å². The van der Waals surface area contributed by atoms with Gasteiger partial charge in [-0.05, 0) is 61.1 Å². The van der Waals surface area contributed by atoms with Gasteiger partial charge in [0.2, 0.25) is 5.91 Å². The van der Waals surface area contributed by atoms with Gasteiger partial charge in [0, 0.05) is 23.7 Å². The summed E-state index contributed by atoms with van der Waals surface area (Å²) in [4.78, 5) is 26.8. The van der Waals surface area contributed by atoms with Gasteiger partial charge in [0.05, 0.1) is 5.75 Å². The summed E-state index contributed by atoms with van der Waals surface area (Å²) in [6, 6.07) is 15.2. The van der Waals surface area contributed by atoms with Crippen LogP contribution in [-0.2, 0) is 11.3 Å². The molecule has 0 spiro atoms. The summed E-state index contributed by atoms with van der Waals surface area (Å²) < 4.78 is 0. The Morgan fingerprint density at radius 1 is 1.10 bits per heavy atom. The molecule has 1 N–H and O–H groups in total. The molecule has 156 valence electrons. The molecule has 0 aromatic heterocycles. The summed E-state index contributed by atoms with van der Waals surface area (Å²) in [6.45, 7) is 1.17. The van der Waals surface area contributed by atoms with E-state index in [-0.39, 0.29) is 17.2 Å². The lowest BCUT2D eigenvalue weighted by atomic mass is 9.99. The predicted octanol–water partition coefficient (Wildman–Crippen LogP) is 5.34. The van der Waals surface area contributed by atoms with E-state index < -0.39 is 0 Å². The predicted molar refractivity (Wildman–Crippen MR) is 123 cm³/mol. The van der Waals surface area contributed by atoms with Crippen LogP contribution in [0.2, 0.25) is 5.02 Å². The number of carbonyl (C=O) groups excluding carboxylic acids is 2. The number of nitrogens with zero attached hydrogens (tertiary/aromatic N) is 1. The summed E-state index contributed by atoms with van der Waals surface area (Å²) >= 11 is 7.59. The standard InChI is InChI=1S/C24H25ClN2O2S/c25-21-12-6-18(7-13-21)15-27-22(28)16-30-24(27)20-10-8-19(9-11-20)23(29)26-14-17-4-2-1-3-5-17/h4,6-13,24H,1-3,5,14-16H2,(H,26,29)/t24-/m1/s1. The lowest BCUT2D eigenvalue weighted by molar-refractivity contribution is -0.128. The van der Waals surface area contributed by atoms with Crippen LogP contribution in [0, 0.1) is 0 Å². The van der Waals surface area contributed by atoms with E-state index in [4.69, 9.17) is 11.6 Å². The molecule has 1 fully saturated rings. The SMILES string of the molecule is O=C(NCC1=CCCCC1)c1ccc([C@H]2SCC(=O)N2Cc2ccc(Cl)cc2)cc1. The molecule has 0 saturated carbocycles. The van der Waals surface area contributed by atoms with Crippen molar-refractivity contribution < 1.29 is 9.59 Å². The maximum absolute atomic E-state index is 12.5. The van der Waals surface area contributed by atoms with Gasteiger partial charge in [-0.3, -0.25) is 9.59 Å². The second-order valence-electron chi connectivity index (χ2n) is 7.72. The van der Waals surface area contributed by atoms with Gasteiger partial charge in [-0.25, -0.2) is 0 Å². The van der Waals surface area contributed by atoms with E-state index in [1.165, 1.54) is 18.4 Å². The van der Waals surface area contributed by atoms with Gasteiger partial charge < -0.3 is 10.2 Å². The summed E-state index contributed by atoms with van der Waals surface area (Å²) in [6.07, 6.45) is 6.90. The number of hydrogen-bond donors (Lipinski definition) is 1. The number of benzene rings is 2. The zero-order valence-electron chi connectivity index (χ0n) is 16.8. The van der Waals surface area contributed by atoms with Crippen molar-refractivity contribution in [1.29, 1.82) is 0 Å². The number of amides is 2. The molecule has 4 rings (SSSR count). The van der Waals surface area contributed by atoms with Crippen LogP contribution in [0.25, 0.3) is 0 Å². The van der Waals surface area contributed by atoms with E-state index in [1.807, 2.05) is 53.4 Å². The third kappa shape index (κ3) is 5.08. The maximum atomic E-state index is 12.5. The fourth-order valence-corrected chi connectivity index (χ4v) is 5.16. The Kier molecular flexibility index (Phi) is 6.80. The highest BCUT2D eigenvalue weighted by atomic mass is 35.5. The molecule has 0 radical (unpaired) electrons. The number of allylic oxidation sites excluding steroid dienone is 1. The summed E-state index contributed by atoms with van der Waals surface area (Å²) in [7, 11) is 0. The highest BCUT2D eigenvalue weighted by Crippen LogP contribution is 2.39. The monoisotopic (exact) mass is 440 g/mol. The molecular weight excluding hydrogens is 416 g/mol. The number of carbonyl (C=O) groups is 2. The molecule has 6 heteroatoms. The minimum Gasteiger partial charge on any atom is -0.348 e. The first-order valence-corrected chi connectivity index (χ1v) is 11.7. The lowest BCUT2D eigenvalue weighted by Crippen LogP contribution is -2.28. The first kappa shape index (κ1) is 21.0. The van der Waals surface area contributed by atoms with Crippen molar-refractivity contribution in [2.45, 2.75) is 37.6 Å². The van der Waals surface area contributed by atoms with Crippen LogP contribution >= 0.6 is 23.4 Å². The number of halogens is 1. The van der Waals surface area contributed by atoms with E-state index in [2.05, 4.69) is 11.4 Å². The van der Waals surface area contributed by atoms with Crippen LogP contribution in [-0.4, -0.2) is 29.0 Å². The molecule has 2 aromatic carbocycles. The van der Waals surface area contributed by atoms with Crippen molar-refractivity contribution in [2.75, 3.05) is 12.3 Å². The zero-order valence-corrected chi connectivity index (χ0v) is 18.3. The van der Waals surface area contributed by atoms with E-state index in [9.17, 15) is 9.59 Å². The van der Waals surface area contributed by atoms with Gasteiger partial charge in [0.1, 0.15) is 5.37 Å². The molecule has 4 nitrogen and oxygen atoms in total. The molecule has 2 aliphatic rings. The highest BCUT2D eigenvalue weighted by Gasteiger charge is 2.32. The molecule has 2 aromatic rings. The average molecular weight is 441 g/mol. The quantitative estimate of drug-likeness (QED) is 0.616. The Labute approximate surface area is 186 Å². The molecule has 0 unspecified atom stereocenters. The van der Waals surface area contributed by atoms with Crippen LogP contribution in [0.1, 0.15) is 52.5 Å². The number of nitrogens with one attached hydrogen (secondary N) is 1. The van der Waals surface area contributed by atoms with E-state index in [0.717, 1.165) is 24.0 Å². The van der Waals surface area contributed by atoms with E-state index in [0.29, 0.717) is 29.4 Å². The van der Waals surface area contributed by atoms with Gasteiger partial charge >= 0.3 is 0 Å². The van der Waals surface area contributed by atoms with Crippen LogP contribution in [0.15, 0.2) is 60.2 Å². The van der Waals surface area contributed by atoms with Crippen molar-refractivity contribution in [3.8, 4) is 0 Å². The van der Waals surface area contributed by atoms with Crippen LogP contribution < -0.4 is 5.32 Å². The van der Waals surface area contributed by atoms with E-state index >= 15 is 0 Å². The Morgan fingerprint density at radius 3 is 2.57 bits per heavy atom. The highest BCUT2D eigenvalue weighted by molar-refractivity contribution is 8.00. The first-order chi connectivity index (χ1) is 14.6. The third-order valence-electron chi connectivity index (χ3n) is 5.55. The molecule has 1 atom stereocenters. The largest absolute Gasteiger partial charge is 0.348 e.